The Hall–Kier alpha value is -1.80. The van der Waals surface area contributed by atoms with Gasteiger partial charge in [0, 0.05) is 31.9 Å². The molecular weight excluding hydrogens is 322 g/mol. The van der Waals surface area contributed by atoms with E-state index in [1.54, 1.807) is 6.20 Å². The topological polar surface area (TPSA) is 125 Å². The molecule has 6 N–H and O–H groups in total. The van der Waals surface area contributed by atoms with Crippen molar-refractivity contribution in [3.63, 3.8) is 0 Å². The van der Waals surface area contributed by atoms with E-state index in [1.165, 1.54) is 17.0 Å². The number of amides is 2. The predicted octanol–water partition coefficient (Wildman–Crippen LogP) is -0.505. The Bertz CT molecular complexity index is 532. The molecule has 1 aliphatic carbocycles. The van der Waals surface area contributed by atoms with Crippen LogP contribution in [0, 0.1) is 11.8 Å². The van der Waals surface area contributed by atoms with Crippen LogP contribution in [0.25, 0.3) is 0 Å². The molecule has 25 heavy (non-hydrogen) atoms. The molecule has 2 fully saturated rings. The molecule has 2 rings (SSSR count). The molecule has 0 aromatic rings. The van der Waals surface area contributed by atoms with Gasteiger partial charge >= 0.3 is 0 Å². The molecule has 3 unspecified atom stereocenters. The third-order valence-corrected chi connectivity index (χ3v) is 5.19. The third-order valence-electron chi connectivity index (χ3n) is 5.19. The predicted molar refractivity (Wildman–Crippen MR) is 94.5 cm³/mol. The summed E-state index contributed by atoms with van der Waals surface area (Å²) in [6, 6.07) is -1.31. The number of likely N-dealkylation sites (tertiary alicyclic amines) is 1. The van der Waals surface area contributed by atoms with Crippen LogP contribution in [0.3, 0.4) is 0 Å². The summed E-state index contributed by atoms with van der Waals surface area (Å²) in [5.41, 5.74) is 6.79. The van der Waals surface area contributed by atoms with Crippen LogP contribution in [0.1, 0.15) is 39.5 Å². The van der Waals surface area contributed by atoms with Crippen LogP contribution in [0.4, 0.5) is 0 Å². The maximum absolute atomic E-state index is 13.1. The van der Waals surface area contributed by atoms with E-state index < -0.39 is 18.2 Å². The molecule has 8 heteroatoms. The van der Waals surface area contributed by atoms with Gasteiger partial charge in [0.05, 0.1) is 6.10 Å². The van der Waals surface area contributed by atoms with E-state index in [0.29, 0.717) is 11.6 Å². The molecular formula is C17H31N5O3. The fraction of sp³-hybridized carbons (Fsp3) is 0.765. The summed E-state index contributed by atoms with van der Waals surface area (Å²) in [6.45, 7) is 3.93. The van der Waals surface area contributed by atoms with E-state index in [-0.39, 0.29) is 30.7 Å². The fourth-order valence-electron chi connectivity index (χ4n) is 3.50. The van der Waals surface area contributed by atoms with Gasteiger partial charge in [0.1, 0.15) is 12.1 Å². The Balaban J connectivity index is 2.17. The fourth-order valence-corrected chi connectivity index (χ4v) is 3.50. The SMILES string of the molecule is CNC(=O)C1CC(O)CN1C(=O)C(C(C)C)N(N)/C=C(\N)C1CCC1. The van der Waals surface area contributed by atoms with Crippen molar-refractivity contribution in [3.05, 3.63) is 11.9 Å². The quantitative estimate of drug-likeness (QED) is 0.377. The van der Waals surface area contributed by atoms with Crippen molar-refractivity contribution in [2.24, 2.45) is 23.4 Å². The second-order valence-corrected chi connectivity index (χ2v) is 7.40. The molecule has 142 valence electrons. The van der Waals surface area contributed by atoms with Crippen LogP contribution in [0.2, 0.25) is 0 Å². The number of carbonyl (C=O) groups excluding carboxylic acids is 2. The lowest BCUT2D eigenvalue weighted by Crippen LogP contribution is -2.55. The first-order chi connectivity index (χ1) is 11.8. The van der Waals surface area contributed by atoms with E-state index in [9.17, 15) is 14.7 Å². The minimum Gasteiger partial charge on any atom is -0.401 e. The van der Waals surface area contributed by atoms with Crippen LogP contribution >= 0.6 is 0 Å². The number of carbonyl (C=O) groups is 2. The Kier molecular flexibility index (Phi) is 6.29. The lowest BCUT2D eigenvalue weighted by Gasteiger charge is -2.35. The number of rotatable bonds is 6. The molecule has 0 radical (unpaired) electrons. The maximum Gasteiger partial charge on any atom is 0.247 e. The van der Waals surface area contributed by atoms with Gasteiger partial charge in [-0.15, -0.1) is 0 Å². The molecule has 2 amide bonds. The number of nitrogens with one attached hydrogen (secondary N) is 1. The van der Waals surface area contributed by atoms with Gasteiger partial charge in [0.25, 0.3) is 0 Å². The molecule has 0 bridgehead atoms. The van der Waals surface area contributed by atoms with E-state index in [0.717, 1.165) is 19.3 Å². The molecule has 0 aromatic carbocycles. The van der Waals surface area contributed by atoms with Gasteiger partial charge in [0.15, 0.2) is 0 Å². The van der Waals surface area contributed by atoms with Crippen molar-refractivity contribution in [3.8, 4) is 0 Å². The third kappa shape index (κ3) is 4.24. The highest BCUT2D eigenvalue weighted by atomic mass is 16.3. The normalized spacial score (nSPS) is 25.7. The minimum atomic E-state index is -0.708. The molecule has 0 aromatic heterocycles. The van der Waals surface area contributed by atoms with Crippen LogP contribution in [0.5, 0.6) is 0 Å². The molecule has 1 aliphatic heterocycles. The zero-order chi connectivity index (χ0) is 18.7. The number of hydrogen-bond acceptors (Lipinski definition) is 6. The van der Waals surface area contributed by atoms with Crippen LogP contribution in [-0.4, -0.2) is 58.6 Å². The van der Waals surface area contributed by atoms with Gasteiger partial charge in [-0.25, -0.2) is 5.84 Å². The number of aliphatic hydroxyl groups excluding tert-OH is 1. The van der Waals surface area contributed by atoms with Gasteiger partial charge in [-0.2, -0.15) is 0 Å². The molecule has 1 saturated heterocycles. The Morgan fingerprint density at radius 2 is 2.00 bits per heavy atom. The molecule has 1 saturated carbocycles. The second-order valence-electron chi connectivity index (χ2n) is 7.40. The van der Waals surface area contributed by atoms with Crippen molar-refractivity contribution >= 4 is 11.8 Å². The molecule has 8 nitrogen and oxygen atoms in total. The van der Waals surface area contributed by atoms with Crippen molar-refractivity contribution in [2.75, 3.05) is 13.6 Å². The number of hydrogen-bond donors (Lipinski definition) is 4. The number of allylic oxidation sites excluding steroid dienone is 1. The summed E-state index contributed by atoms with van der Waals surface area (Å²) in [5.74, 6) is 5.88. The van der Waals surface area contributed by atoms with Gasteiger partial charge in [0.2, 0.25) is 11.8 Å². The van der Waals surface area contributed by atoms with Crippen molar-refractivity contribution in [1.29, 1.82) is 0 Å². The van der Waals surface area contributed by atoms with Crippen LogP contribution in [0.15, 0.2) is 11.9 Å². The molecule has 0 spiro atoms. The molecule has 2 aliphatic rings. The number of likely N-dealkylation sites (N-methyl/N-ethyl adjacent to an activating group) is 1. The maximum atomic E-state index is 13.1. The van der Waals surface area contributed by atoms with Crippen LogP contribution < -0.4 is 16.9 Å². The summed E-state index contributed by atoms with van der Waals surface area (Å²) in [4.78, 5) is 26.6. The van der Waals surface area contributed by atoms with E-state index in [1.807, 2.05) is 13.8 Å². The summed E-state index contributed by atoms with van der Waals surface area (Å²) >= 11 is 0. The van der Waals surface area contributed by atoms with Gasteiger partial charge < -0.3 is 26.1 Å². The Morgan fingerprint density at radius 3 is 2.48 bits per heavy atom. The van der Waals surface area contributed by atoms with E-state index >= 15 is 0 Å². The monoisotopic (exact) mass is 353 g/mol. The lowest BCUT2D eigenvalue weighted by molar-refractivity contribution is -0.143. The number of aliphatic hydroxyl groups is 1. The average Bonchev–Trinajstić information content (AvgIpc) is 2.86. The molecule has 1 heterocycles. The standard InChI is InChI=1S/C17H31N5O3/c1-10(2)15(22(19)9-13(18)11-5-4-6-11)17(25)21-8-12(23)7-14(21)16(24)20-3/h9-12,14-15,23H,4-8,18-19H2,1-3H3,(H,20,24)/b13-9-. The molecule has 3 atom stereocenters. The largest absolute Gasteiger partial charge is 0.401 e. The number of nitrogens with zero attached hydrogens (tertiary/aromatic N) is 2. The van der Waals surface area contributed by atoms with Crippen molar-refractivity contribution < 1.29 is 14.7 Å². The second kappa shape index (κ2) is 8.05. The lowest BCUT2D eigenvalue weighted by atomic mass is 9.83. The zero-order valence-electron chi connectivity index (χ0n) is 15.3. The van der Waals surface area contributed by atoms with Crippen LogP contribution in [-0.2, 0) is 9.59 Å². The van der Waals surface area contributed by atoms with Gasteiger partial charge in [-0.3, -0.25) is 9.59 Å². The highest BCUT2D eigenvalue weighted by molar-refractivity contribution is 5.90. The van der Waals surface area contributed by atoms with Gasteiger partial charge in [-0.1, -0.05) is 20.3 Å². The van der Waals surface area contributed by atoms with Gasteiger partial charge in [-0.05, 0) is 24.7 Å². The first-order valence-electron chi connectivity index (χ1n) is 8.96. The number of β-amino-alcohol motifs (C(OH)–C–C–N with tert-alkyl or cyclic N) is 1. The van der Waals surface area contributed by atoms with E-state index in [2.05, 4.69) is 5.32 Å². The summed E-state index contributed by atoms with van der Waals surface area (Å²) in [5, 5.41) is 13.8. The Morgan fingerprint density at radius 1 is 1.36 bits per heavy atom. The smallest absolute Gasteiger partial charge is 0.247 e. The summed E-state index contributed by atoms with van der Waals surface area (Å²) in [7, 11) is 1.52. The average molecular weight is 353 g/mol. The van der Waals surface area contributed by atoms with E-state index in [4.69, 9.17) is 11.6 Å². The number of nitrogens with two attached hydrogens (primary N) is 2. The summed E-state index contributed by atoms with van der Waals surface area (Å²) < 4.78 is 0. The highest BCUT2D eigenvalue weighted by Crippen LogP contribution is 2.31. The summed E-state index contributed by atoms with van der Waals surface area (Å²) in [6.07, 6.45) is 4.44. The zero-order valence-corrected chi connectivity index (χ0v) is 15.3. The van der Waals surface area contributed by atoms with Crippen molar-refractivity contribution in [2.45, 2.75) is 57.7 Å². The van der Waals surface area contributed by atoms with Crippen molar-refractivity contribution in [1.82, 2.24) is 15.2 Å². The Labute approximate surface area is 149 Å². The first-order valence-corrected chi connectivity index (χ1v) is 8.96. The minimum absolute atomic E-state index is 0.0778. The number of hydrazine groups is 1. The first kappa shape index (κ1) is 19.5. The highest BCUT2D eigenvalue weighted by Gasteiger charge is 2.42.